The van der Waals surface area contributed by atoms with Crippen LogP contribution in [0.1, 0.15) is 29.3 Å². The van der Waals surface area contributed by atoms with Gasteiger partial charge in [0.05, 0.1) is 0 Å². The van der Waals surface area contributed by atoms with Crippen LogP contribution >= 0.6 is 0 Å². The molecular weight excluding hydrogens is 366 g/mol. The maximum Gasteiger partial charge on any atom is 0.253 e. The lowest BCUT2D eigenvalue weighted by Crippen LogP contribution is -2.48. The minimum absolute atomic E-state index is 0.0305. The van der Waals surface area contributed by atoms with E-state index in [-0.39, 0.29) is 23.5 Å². The summed E-state index contributed by atoms with van der Waals surface area (Å²) < 4.78 is 0. The smallest absolute Gasteiger partial charge is 0.253 e. The second-order valence-corrected chi connectivity index (χ2v) is 8.12. The number of carbonyl (C=O) groups excluding carboxylic acids is 2. The summed E-state index contributed by atoms with van der Waals surface area (Å²) >= 11 is 0. The number of anilines is 1. The largest absolute Gasteiger partial charge is 0.508 e. The Balaban J connectivity index is 1.27. The molecule has 6 heteroatoms. The van der Waals surface area contributed by atoms with Crippen molar-refractivity contribution in [1.29, 1.82) is 0 Å². The number of hydrogen-bond donors (Lipinski definition) is 2. The third-order valence-electron chi connectivity index (χ3n) is 5.85. The summed E-state index contributed by atoms with van der Waals surface area (Å²) in [6, 6.07) is 14.4. The highest BCUT2D eigenvalue weighted by molar-refractivity contribution is 5.97. The summed E-state index contributed by atoms with van der Waals surface area (Å²) in [6.07, 6.45) is 0.959. The maximum atomic E-state index is 12.8. The number of piperazine rings is 1. The first kappa shape index (κ1) is 19.5. The molecule has 6 nitrogen and oxygen atoms in total. The van der Waals surface area contributed by atoms with E-state index in [1.54, 1.807) is 36.4 Å². The van der Waals surface area contributed by atoms with Crippen LogP contribution in [0, 0.1) is 11.8 Å². The number of benzene rings is 2. The van der Waals surface area contributed by atoms with E-state index in [1.165, 1.54) is 0 Å². The highest BCUT2D eigenvalue weighted by atomic mass is 16.3. The first-order chi connectivity index (χ1) is 14.0. The van der Waals surface area contributed by atoms with Crippen LogP contribution < -0.4 is 5.32 Å². The van der Waals surface area contributed by atoms with Crippen molar-refractivity contribution >= 4 is 17.5 Å². The quantitative estimate of drug-likeness (QED) is 0.819. The van der Waals surface area contributed by atoms with Crippen molar-refractivity contribution in [2.75, 3.05) is 31.5 Å². The molecule has 29 heavy (non-hydrogen) atoms. The van der Waals surface area contributed by atoms with E-state index in [0.717, 1.165) is 37.3 Å². The molecule has 2 aliphatic rings. The fourth-order valence-corrected chi connectivity index (χ4v) is 3.77. The summed E-state index contributed by atoms with van der Waals surface area (Å²) in [6.45, 7) is 5.91. The van der Waals surface area contributed by atoms with Gasteiger partial charge < -0.3 is 15.3 Å². The Bertz CT molecular complexity index is 871. The van der Waals surface area contributed by atoms with Crippen molar-refractivity contribution in [3.05, 3.63) is 59.7 Å². The fraction of sp³-hybridized carbons (Fsp3) is 0.391. The highest BCUT2D eigenvalue weighted by Crippen LogP contribution is 2.38. The Labute approximate surface area is 171 Å². The predicted octanol–water partition coefficient (Wildman–Crippen LogP) is 2.94. The maximum absolute atomic E-state index is 12.8. The van der Waals surface area contributed by atoms with Crippen molar-refractivity contribution in [2.24, 2.45) is 11.8 Å². The molecule has 2 amide bonds. The SMILES string of the molecule is C[C@@H]1C[C@H]1C(=O)Nc1ccc(C(=O)N2CCN(Cc3ccc(O)cc3)CC2)cc1. The average Bonchev–Trinajstić information content (AvgIpc) is 3.47. The van der Waals surface area contributed by atoms with Crippen LogP contribution in [0.3, 0.4) is 0 Å². The summed E-state index contributed by atoms with van der Waals surface area (Å²) in [5.41, 5.74) is 2.54. The Morgan fingerprint density at radius 1 is 1.00 bits per heavy atom. The molecule has 1 saturated heterocycles. The lowest BCUT2D eigenvalue weighted by atomic mass is 10.1. The number of phenols is 1. The van der Waals surface area contributed by atoms with E-state index >= 15 is 0 Å². The molecule has 0 radical (unpaired) electrons. The van der Waals surface area contributed by atoms with Crippen LogP contribution in [0.4, 0.5) is 5.69 Å². The molecule has 2 atom stereocenters. The Morgan fingerprint density at radius 2 is 1.62 bits per heavy atom. The molecule has 4 rings (SSSR count). The number of amides is 2. The molecule has 0 aromatic heterocycles. The third-order valence-corrected chi connectivity index (χ3v) is 5.85. The van der Waals surface area contributed by atoms with Crippen molar-refractivity contribution in [1.82, 2.24) is 9.80 Å². The zero-order chi connectivity index (χ0) is 20.4. The van der Waals surface area contributed by atoms with Gasteiger partial charge in [0.25, 0.3) is 5.91 Å². The van der Waals surface area contributed by atoms with E-state index in [2.05, 4.69) is 17.1 Å². The molecule has 0 bridgehead atoms. The van der Waals surface area contributed by atoms with Crippen LogP contribution in [-0.2, 0) is 11.3 Å². The van der Waals surface area contributed by atoms with Gasteiger partial charge >= 0.3 is 0 Å². The number of nitrogens with one attached hydrogen (secondary N) is 1. The van der Waals surface area contributed by atoms with Gasteiger partial charge in [-0.15, -0.1) is 0 Å². The lowest BCUT2D eigenvalue weighted by Gasteiger charge is -2.34. The number of carbonyl (C=O) groups is 2. The van der Waals surface area contributed by atoms with E-state index in [9.17, 15) is 14.7 Å². The molecule has 1 heterocycles. The first-order valence-corrected chi connectivity index (χ1v) is 10.2. The molecule has 0 unspecified atom stereocenters. The number of rotatable bonds is 5. The average molecular weight is 393 g/mol. The van der Waals surface area contributed by atoms with Crippen molar-refractivity contribution < 1.29 is 14.7 Å². The number of phenolic OH excluding ortho intramolecular Hbond substituents is 1. The molecular formula is C23H27N3O3. The van der Waals surface area contributed by atoms with Crippen molar-refractivity contribution in [3.8, 4) is 5.75 Å². The molecule has 2 aromatic rings. The van der Waals surface area contributed by atoms with Gasteiger partial charge in [-0.05, 0) is 54.3 Å². The monoisotopic (exact) mass is 393 g/mol. The first-order valence-electron chi connectivity index (χ1n) is 10.2. The lowest BCUT2D eigenvalue weighted by molar-refractivity contribution is -0.117. The van der Waals surface area contributed by atoms with Crippen molar-refractivity contribution in [3.63, 3.8) is 0 Å². The minimum atomic E-state index is 0.0305. The second kappa shape index (κ2) is 8.25. The van der Waals surface area contributed by atoms with Crippen LogP contribution in [-0.4, -0.2) is 52.9 Å². The Morgan fingerprint density at radius 3 is 2.21 bits per heavy atom. The topological polar surface area (TPSA) is 72.9 Å². The minimum Gasteiger partial charge on any atom is -0.508 e. The fourth-order valence-electron chi connectivity index (χ4n) is 3.77. The summed E-state index contributed by atoms with van der Waals surface area (Å²) in [5.74, 6) is 0.985. The highest BCUT2D eigenvalue weighted by Gasteiger charge is 2.39. The Kier molecular flexibility index (Phi) is 5.53. The molecule has 1 aliphatic carbocycles. The van der Waals surface area contributed by atoms with Gasteiger partial charge in [-0.25, -0.2) is 0 Å². The van der Waals surface area contributed by atoms with Gasteiger partial charge in [0.1, 0.15) is 5.75 Å². The van der Waals surface area contributed by atoms with Gasteiger partial charge in [-0.3, -0.25) is 14.5 Å². The van der Waals surface area contributed by atoms with Crippen LogP contribution in [0.25, 0.3) is 0 Å². The van der Waals surface area contributed by atoms with E-state index in [0.29, 0.717) is 24.6 Å². The van der Waals surface area contributed by atoms with Gasteiger partial charge in [-0.2, -0.15) is 0 Å². The van der Waals surface area contributed by atoms with Gasteiger partial charge in [0.15, 0.2) is 0 Å². The zero-order valence-corrected chi connectivity index (χ0v) is 16.7. The molecule has 1 saturated carbocycles. The Hall–Kier alpha value is -2.86. The number of hydrogen-bond acceptors (Lipinski definition) is 4. The second-order valence-electron chi connectivity index (χ2n) is 8.12. The zero-order valence-electron chi connectivity index (χ0n) is 16.7. The summed E-state index contributed by atoms with van der Waals surface area (Å²) in [5, 5.41) is 12.3. The molecule has 2 N–H and O–H groups in total. The van der Waals surface area contributed by atoms with Crippen LogP contribution in [0.2, 0.25) is 0 Å². The van der Waals surface area contributed by atoms with E-state index in [4.69, 9.17) is 0 Å². The normalized spacial score (nSPS) is 21.6. The van der Waals surface area contributed by atoms with Crippen molar-refractivity contribution in [2.45, 2.75) is 19.9 Å². The third kappa shape index (κ3) is 4.77. The van der Waals surface area contributed by atoms with Crippen LogP contribution in [0.15, 0.2) is 48.5 Å². The van der Waals surface area contributed by atoms with Gasteiger partial charge in [0, 0.05) is 49.9 Å². The summed E-state index contributed by atoms with van der Waals surface area (Å²) in [7, 11) is 0. The van der Waals surface area contributed by atoms with Crippen LogP contribution in [0.5, 0.6) is 5.75 Å². The predicted molar refractivity (Wildman–Crippen MR) is 112 cm³/mol. The summed E-state index contributed by atoms with van der Waals surface area (Å²) in [4.78, 5) is 29.0. The standard InChI is InChI=1S/C23H27N3O3/c1-16-14-21(16)22(28)24-19-6-4-18(5-7-19)23(29)26-12-10-25(11-13-26)15-17-2-8-20(27)9-3-17/h2-9,16,21,27H,10-15H2,1H3,(H,24,28)/t16-,21-/m1/s1. The molecule has 152 valence electrons. The molecule has 0 spiro atoms. The molecule has 2 aromatic carbocycles. The molecule has 1 aliphatic heterocycles. The van der Waals surface area contributed by atoms with E-state index in [1.807, 2.05) is 17.0 Å². The van der Waals surface area contributed by atoms with Gasteiger partial charge in [0.2, 0.25) is 5.91 Å². The number of aromatic hydroxyl groups is 1. The van der Waals surface area contributed by atoms with Gasteiger partial charge in [-0.1, -0.05) is 19.1 Å². The van der Waals surface area contributed by atoms with E-state index < -0.39 is 0 Å². The molecule has 2 fully saturated rings. The number of nitrogens with zero attached hydrogens (tertiary/aromatic N) is 2.